The summed E-state index contributed by atoms with van der Waals surface area (Å²) in [4.78, 5) is 67.4. The van der Waals surface area contributed by atoms with Crippen molar-refractivity contribution in [2.75, 3.05) is 40.3 Å². The Morgan fingerprint density at radius 3 is 2.10 bits per heavy atom. The van der Waals surface area contributed by atoms with E-state index in [4.69, 9.17) is 9.78 Å². The van der Waals surface area contributed by atoms with E-state index in [2.05, 4.69) is 92.7 Å². The van der Waals surface area contributed by atoms with Crippen LogP contribution in [0.2, 0.25) is 0 Å². The Balaban J connectivity index is 0.000000317. The largest absolute Gasteiger partial charge is 0.471 e. The SMILES string of the molecule is CC(=O)NC(C(=O)N1CCCC1c1nc2ccc(-c3cc4sc(-c5ccc6nc[nH]c6c5)cc4s3)cc2[nH]1)C(C)C.CCC.CNCC(=O)N1CCCC1.COC=O. The van der Waals surface area contributed by atoms with Crippen molar-refractivity contribution in [3.63, 3.8) is 0 Å². The van der Waals surface area contributed by atoms with Gasteiger partial charge in [-0.15, -0.1) is 22.7 Å². The Morgan fingerprint density at radius 1 is 0.931 bits per heavy atom. The van der Waals surface area contributed by atoms with Gasteiger partial charge in [-0.25, -0.2) is 9.97 Å². The van der Waals surface area contributed by atoms with Gasteiger partial charge in [-0.1, -0.05) is 46.2 Å². The molecule has 15 heteroatoms. The van der Waals surface area contributed by atoms with E-state index in [0.717, 1.165) is 59.4 Å². The average molecular weight is 829 g/mol. The van der Waals surface area contributed by atoms with Crippen molar-refractivity contribution >= 4 is 78.3 Å². The van der Waals surface area contributed by atoms with Gasteiger partial charge >= 0.3 is 0 Å². The fraction of sp³-hybridized carbons (Fsp3) is 0.442. The van der Waals surface area contributed by atoms with E-state index in [-0.39, 0.29) is 29.7 Å². The highest BCUT2D eigenvalue weighted by atomic mass is 32.1. The van der Waals surface area contributed by atoms with Gasteiger partial charge in [0.05, 0.1) is 48.1 Å². The van der Waals surface area contributed by atoms with Crippen LogP contribution in [0.1, 0.15) is 78.6 Å². The molecule has 2 aliphatic heterocycles. The molecule has 0 saturated carbocycles. The number of carbonyl (C=O) groups is 4. The topological polar surface area (TPSA) is 165 Å². The third kappa shape index (κ3) is 10.9. The first-order valence-electron chi connectivity index (χ1n) is 19.9. The van der Waals surface area contributed by atoms with Crippen LogP contribution in [0.5, 0.6) is 0 Å². The second kappa shape index (κ2) is 21.0. The number of H-pyrrole nitrogens is 2. The minimum atomic E-state index is -0.536. The zero-order chi connectivity index (χ0) is 41.8. The lowest BCUT2D eigenvalue weighted by molar-refractivity contribution is -0.138. The van der Waals surface area contributed by atoms with Crippen LogP contribution in [-0.2, 0) is 23.9 Å². The van der Waals surface area contributed by atoms with Gasteiger partial charge in [-0.05, 0) is 86.2 Å². The van der Waals surface area contributed by atoms with E-state index in [9.17, 15) is 14.4 Å². The summed E-state index contributed by atoms with van der Waals surface area (Å²) in [7, 11) is 3.11. The number of thiophene rings is 2. The number of likely N-dealkylation sites (N-methyl/N-ethyl adjacent to an activating group) is 1. The van der Waals surface area contributed by atoms with Crippen molar-refractivity contribution in [3.05, 3.63) is 60.7 Å². The standard InChI is InChI=1S/C31H30N6O2S2.C7H14N2O.C3H8.C2H4O2/c1-16(2)29(34-17(3)38)31(39)37-10-4-5-24(37)30-35-21-9-7-19(12-23(21)36-30)26-14-28-27(41-26)13-25(40-28)18-6-8-20-22(11-18)33-15-32-20;1-8-6-7(10)9-4-2-3-5-9;1-3-2;1-4-2-3/h6-9,11-16,24,29H,4-5,10H2,1-3H3,(H,32,33)(H,34,38)(H,35,36);8H,2-6H2,1H3;3H2,1-2H3;2H,1H3. The first kappa shape index (κ1) is 44.0. The lowest BCUT2D eigenvalue weighted by Crippen LogP contribution is -2.50. The molecule has 0 radical (unpaired) electrons. The number of rotatable bonds is 9. The molecule has 6 heterocycles. The highest BCUT2D eigenvalue weighted by molar-refractivity contribution is 7.31. The maximum atomic E-state index is 13.4. The minimum Gasteiger partial charge on any atom is -0.471 e. The number of aromatic amines is 2. The Kier molecular flexibility index (Phi) is 16.0. The summed E-state index contributed by atoms with van der Waals surface area (Å²) in [6.07, 6.45) is 7.09. The van der Waals surface area contributed by atoms with Crippen LogP contribution in [0.15, 0.2) is 54.9 Å². The van der Waals surface area contributed by atoms with E-state index in [1.54, 1.807) is 36.0 Å². The molecule has 0 spiro atoms. The van der Waals surface area contributed by atoms with Crippen molar-refractivity contribution in [3.8, 4) is 20.9 Å². The second-order valence-corrected chi connectivity index (χ2v) is 16.9. The Bertz CT molecular complexity index is 2250. The molecule has 310 valence electrons. The molecule has 0 bridgehead atoms. The molecule has 2 aliphatic rings. The smallest absolute Gasteiger partial charge is 0.292 e. The Labute approximate surface area is 348 Å². The first-order valence-corrected chi connectivity index (χ1v) is 21.6. The summed E-state index contributed by atoms with van der Waals surface area (Å²) in [5.74, 6) is 0.812. The van der Waals surface area contributed by atoms with Crippen LogP contribution >= 0.6 is 22.7 Å². The van der Waals surface area contributed by atoms with Crippen LogP contribution in [0.4, 0.5) is 0 Å². The predicted molar refractivity (Wildman–Crippen MR) is 235 cm³/mol. The summed E-state index contributed by atoms with van der Waals surface area (Å²) in [6, 6.07) is 16.6. The summed E-state index contributed by atoms with van der Waals surface area (Å²) in [5, 5.41) is 5.70. The lowest BCUT2D eigenvalue weighted by Gasteiger charge is -2.30. The number of aromatic nitrogens is 4. The number of fused-ring (bicyclic) bond motifs is 3. The molecule has 4 aromatic heterocycles. The molecule has 8 rings (SSSR count). The van der Waals surface area contributed by atoms with Gasteiger partial charge in [0, 0.05) is 45.7 Å². The summed E-state index contributed by atoms with van der Waals surface area (Å²) in [5.41, 5.74) is 6.21. The van der Waals surface area contributed by atoms with Gasteiger partial charge in [-0.3, -0.25) is 19.2 Å². The van der Waals surface area contributed by atoms with Crippen LogP contribution < -0.4 is 10.6 Å². The van der Waals surface area contributed by atoms with E-state index < -0.39 is 6.04 Å². The number of ether oxygens (including phenoxy) is 1. The van der Waals surface area contributed by atoms with Crippen molar-refractivity contribution in [1.29, 1.82) is 0 Å². The molecular weight excluding hydrogens is 773 g/mol. The average Bonchev–Trinajstić information content (AvgIpc) is 4.06. The lowest BCUT2D eigenvalue weighted by atomic mass is 10.0. The van der Waals surface area contributed by atoms with Gasteiger partial charge in [-0.2, -0.15) is 0 Å². The highest BCUT2D eigenvalue weighted by Crippen LogP contribution is 2.42. The van der Waals surface area contributed by atoms with Crippen molar-refractivity contribution in [2.45, 2.75) is 78.8 Å². The predicted octanol–water partition coefficient (Wildman–Crippen LogP) is 7.91. The second-order valence-electron chi connectivity index (χ2n) is 14.7. The quantitative estimate of drug-likeness (QED) is 0.107. The number of hydrogen-bond acceptors (Lipinski definition) is 10. The third-order valence-electron chi connectivity index (χ3n) is 9.72. The van der Waals surface area contributed by atoms with Crippen LogP contribution in [-0.4, -0.2) is 100 Å². The van der Waals surface area contributed by atoms with E-state index in [1.165, 1.54) is 58.0 Å². The summed E-state index contributed by atoms with van der Waals surface area (Å²) in [6.45, 7) is 13.1. The van der Waals surface area contributed by atoms with Gasteiger partial charge in [0.15, 0.2) is 0 Å². The fourth-order valence-corrected chi connectivity index (χ4v) is 9.39. The molecule has 3 amide bonds. The number of methoxy groups -OCH3 is 1. The summed E-state index contributed by atoms with van der Waals surface area (Å²) < 4.78 is 6.41. The molecule has 2 aromatic carbocycles. The van der Waals surface area contributed by atoms with Gasteiger partial charge in [0.1, 0.15) is 11.9 Å². The minimum absolute atomic E-state index is 0.00222. The zero-order valence-corrected chi connectivity index (χ0v) is 36.1. The van der Waals surface area contributed by atoms with E-state index in [0.29, 0.717) is 19.6 Å². The summed E-state index contributed by atoms with van der Waals surface area (Å²) >= 11 is 3.60. The maximum Gasteiger partial charge on any atom is 0.292 e. The molecule has 4 N–H and O–H groups in total. The number of amides is 3. The van der Waals surface area contributed by atoms with Crippen molar-refractivity contribution in [2.24, 2.45) is 5.92 Å². The fourth-order valence-electron chi connectivity index (χ4n) is 7.01. The molecule has 6 aromatic rings. The first-order chi connectivity index (χ1) is 28.0. The molecule has 58 heavy (non-hydrogen) atoms. The number of nitrogens with one attached hydrogen (secondary N) is 4. The van der Waals surface area contributed by atoms with Gasteiger partial charge < -0.3 is 35.1 Å². The van der Waals surface area contributed by atoms with Gasteiger partial charge in [0.25, 0.3) is 6.47 Å². The number of imidazole rings is 2. The van der Waals surface area contributed by atoms with Crippen LogP contribution in [0, 0.1) is 5.92 Å². The number of likely N-dealkylation sites (tertiary alicyclic amines) is 2. The van der Waals surface area contributed by atoms with Gasteiger partial charge in [0.2, 0.25) is 17.7 Å². The molecule has 2 fully saturated rings. The third-order valence-corrected chi connectivity index (χ3v) is 12.1. The van der Waals surface area contributed by atoms with E-state index >= 15 is 0 Å². The molecule has 2 saturated heterocycles. The molecular formula is C43H56N8O5S2. The zero-order valence-electron chi connectivity index (χ0n) is 34.5. The monoisotopic (exact) mass is 828 g/mol. The molecule has 13 nitrogen and oxygen atoms in total. The molecule has 0 aliphatic carbocycles. The van der Waals surface area contributed by atoms with Crippen molar-refractivity contribution in [1.82, 2.24) is 40.4 Å². The number of benzene rings is 2. The normalized spacial score (nSPS) is 15.3. The number of nitrogens with zero attached hydrogens (tertiary/aromatic N) is 4. The number of carbonyl (C=O) groups excluding carboxylic acids is 4. The number of hydrogen-bond donors (Lipinski definition) is 4. The van der Waals surface area contributed by atoms with Crippen molar-refractivity contribution < 1.29 is 23.9 Å². The Morgan fingerprint density at radius 2 is 1.53 bits per heavy atom. The molecule has 2 unspecified atom stereocenters. The van der Waals surface area contributed by atoms with E-state index in [1.807, 2.05) is 23.6 Å². The molecule has 2 atom stereocenters. The van der Waals surface area contributed by atoms with Crippen LogP contribution in [0.25, 0.3) is 52.3 Å². The Hall–Kier alpha value is -5.12. The highest BCUT2D eigenvalue weighted by Gasteiger charge is 2.37. The maximum absolute atomic E-state index is 13.4. The van der Waals surface area contributed by atoms with Crippen LogP contribution in [0.3, 0.4) is 0 Å².